The summed E-state index contributed by atoms with van der Waals surface area (Å²) in [6, 6.07) is 0.139. The molecule has 0 aromatic carbocycles. The lowest BCUT2D eigenvalue weighted by Crippen LogP contribution is -2.49. The molecule has 0 spiro atoms. The van der Waals surface area contributed by atoms with Crippen LogP contribution in [0, 0.1) is 12.8 Å². The van der Waals surface area contributed by atoms with Crippen LogP contribution in [0.1, 0.15) is 50.8 Å². The van der Waals surface area contributed by atoms with Gasteiger partial charge in [0.2, 0.25) is 11.8 Å². The van der Waals surface area contributed by atoms with Gasteiger partial charge in [-0.25, -0.2) is 4.68 Å². The molecular formula is C17H30N4O2. The number of carbonyl (C=O) groups is 1. The molecule has 1 atom stereocenters. The van der Waals surface area contributed by atoms with E-state index in [-0.39, 0.29) is 17.9 Å². The fourth-order valence-corrected chi connectivity index (χ4v) is 3.34. The molecular weight excluding hydrogens is 292 g/mol. The van der Waals surface area contributed by atoms with E-state index in [1.807, 2.05) is 14.0 Å². The zero-order chi connectivity index (χ0) is 17.0. The maximum Gasteiger partial charge on any atom is 0.237 e. The van der Waals surface area contributed by atoms with Crippen molar-refractivity contribution in [3.63, 3.8) is 0 Å². The average Bonchev–Trinajstić information content (AvgIpc) is 3.07. The van der Waals surface area contributed by atoms with Gasteiger partial charge >= 0.3 is 0 Å². The predicted octanol–water partition coefficient (Wildman–Crippen LogP) is 1.91. The van der Waals surface area contributed by atoms with Crippen LogP contribution in [0.15, 0.2) is 0 Å². The molecule has 130 valence electrons. The highest BCUT2D eigenvalue weighted by Crippen LogP contribution is 2.21. The number of nitrogens with one attached hydrogen (secondary N) is 2. The molecule has 1 aliphatic carbocycles. The van der Waals surface area contributed by atoms with Crippen LogP contribution in [0.2, 0.25) is 0 Å². The standard InChI is InChI=1S/C17H30N4O2/c1-11(2)15(16(22)19-13-8-6-7-9-13)18-10-14-12(3)20-21(4)17(14)23-5/h11,13,15,18H,6-10H2,1-5H3,(H,19,22). The highest BCUT2D eigenvalue weighted by Gasteiger charge is 2.26. The summed E-state index contributed by atoms with van der Waals surface area (Å²) in [7, 11) is 3.51. The Morgan fingerprint density at radius 1 is 1.39 bits per heavy atom. The first kappa shape index (κ1) is 17.8. The van der Waals surface area contributed by atoms with Crippen LogP contribution in [0.25, 0.3) is 0 Å². The first-order chi connectivity index (χ1) is 10.9. The van der Waals surface area contributed by atoms with Gasteiger partial charge in [0.25, 0.3) is 0 Å². The Morgan fingerprint density at radius 3 is 2.61 bits per heavy atom. The highest BCUT2D eigenvalue weighted by molar-refractivity contribution is 5.82. The smallest absolute Gasteiger partial charge is 0.237 e. The lowest BCUT2D eigenvalue weighted by atomic mass is 10.0. The number of hydrogen-bond donors (Lipinski definition) is 2. The Kier molecular flexibility index (Phi) is 6.04. The van der Waals surface area contributed by atoms with Crippen molar-refractivity contribution in [1.29, 1.82) is 0 Å². The third-order valence-electron chi connectivity index (χ3n) is 4.63. The summed E-state index contributed by atoms with van der Waals surface area (Å²) in [5, 5.41) is 11.0. The molecule has 1 saturated carbocycles. The number of aryl methyl sites for hydroxylation is 2. The normalized spacial score (nSPS) is 16.8. The minimum atomic E-state index is -0.208. The summed E-state index contributed by atoms with van der Waals surface area (Å²) in [6.07, 6.45) is 4.64. The van der Waals surface area contributed by atoms with Crippen LogP contribution >= 0.6 is 0 Å². The number of methoxy groups -OCH3 is 1. The molecule has 1 aromatic heterocycles. The van der Waals surface area contributed by atoms with Crippen LogP contribution in [0.3, 0.4) is 0 Å². The molecule has 1 aromatic rings. The van der Waals surface area contributed by atoms with Crippen LogP contribution in [-0.4, -0.2) is 34.9 Å². The molecule has 1 amide bonds. The van der Waals surface area contributed by atoms with E-state index in [0.717, 1.165) is 30.0 Å². The number of nitrogens with zero attached hydrogens (tertiary/aromatic N) is 2. The van der Waals surface area contributed by atoms with E-state index in [1.54, 1.807) is 11.8 Å². The predicted molar refractivity (Wildman–Crippen MR) is 90.4 cm³/mol. The maximum absolute atomic E-state index is 12.6. The van der Waals surface area contributed by atoms with Crippen molar-refractivity contribution in [3.05, 3.63) is 11.3 Å². The summed E-state index contributed by atoms with van der Waals surface area (Å²) in [5.74, 6) is 1.07. The summed E-state index contributed by atoms with van der Waals surface area (Å²) in [4.78, 5) is 12.6. The molecule has 1 heterocycles. The highest BCUT2D eigenvalue weighted by atomic mass is 16.5. The van der Waals surface area contributed by atoms with E-state index in [0.29, 0.717) is 12.6 Å². The second-order valence-corrected chi connectivity index (χ2v) is 6.79. The Balaban J connectivity index is 2.01. The SMILES string of the molecule is COc1c(CNC(C(=O)NC2CCCC2)C(C)C)c(C)nn1C. The van der Waals surface area contributed by atoms with Gasteiger partial charge in [0.15, 0.2) is 0 Å². The lowest BCUT2D eigenvalue weighted by molar-refractivity contribution is -0.124. The fourth-order valence-electron chi connectivity index (χ4n) is 3.34. The van der Waals surface area contributed by atoms with Gasteiger partial charge < -0.3 is 15.4 Å². The Bertz CT molecular complexity index is 533. The first-order valence-electron chi connectivity index (χ1n) is 8.54. The van der Waals surface area contributed by atoms with Crippen molar-refractivity contribution in [2.24, 2.45) is 13.0 Å². The van der Waals surface area contributed by atoms with Crippen LogP contribution < -0.4 is 15.4 Å². The first-order valence-corrected chi connectivity index (χ1v) is 8.54. The number of hydrogen-bond acceptors (Lipinski definition) is 4. The number of amides is 1. The second kappa shape index (κ2) is 7.81. The summed E-state index contributed by atoms with van der Waals surface area (Å²) < 4.78 is 7.15. The third-order valence-corrected chi connectivity index (χ3v) is 4.63. The third kappa shape index (κ3) is 4.25. The van der Waals surface area contributed by atoms with Crippen molar-refractivity contribution < 1.29 is 9.53 Å². The van der Waals surface area contributed by atoms with Crippen molar-refractivity contribution in [3.8, 4) is 5.88 Å². The van der Waals surface area contributed by atoms with Gasteiger partial charge in [-0.05, 0) is 25.7 Å². The molecule has 1 unspecified atom stereocenters. The number of aromatic nitrogens is 2. The van der Waals surface area contributed by atoms with Crippen molar-refractivity contribution >= 4 is 5.91 Å². The van der Waals surface area contributed by atoms with E-state index in [2.05, 4.69) is 29.6 Å². The van der Waals surface area contributed by atoms with Gasteiger partial charge in [0.1, 0.15) is 0 Å². The van der Waals surface area contributed by atoms with E-state index >= 15 is 0 Å². The quantitative estimate of drug-likeness (QED) is 0.805. The zero-order valence-electron chi connectivity index (χ0n) is 15.0. The molecule has 23 heavy (non-hydrogen) atoms. The minimum Gasteiger partial charge on any atom is -0.481 e. The van der Waals surface area contributed by atoms with Gasteiger partial charge in [-0.3, -0.25) is 4.79 Å². The van der Waals surface area contributed by atoms with E-state index in [1.165, 1.54) is 12.8 Å². The Hall–Kier alpha value is -1.56. The Morgan fingerprint density at radius 2 is 2.04 bits per heavy atom. The molecule has 6 nitrogen and oxygen atoms in total. The molecule has 1 fully saturated rings. The largest absolute Gasteiger partial charge is 0.481 e. The van der Waals surface area contributed by atoms with Crippen LogP contribution in [0.4, 0.5) is 0 Å². The van der Waals surface area contributed by atoms with Crippen molar-refractivity contribution in [2.75, 3.05) is 7.11 Å². The van der Waals surface area contributed by atoms with Gasteiger partial charge in [0.05, 0.1) is 24.4 Å². The van der Waals surface area contributed by atoms with E-state index in [9.17, 15) is 4.79 Å². The number of rotatable bonds is 7. The summed E-state index contributed by atoms with van der Waals surface area (Å²) in [6.45, 7) is 6.67. The van der Waals surface area contributed by atoms with Crippen molar-refractivity contribution in [1.82, 2.24) is 20.4 Å². The Labute approximate surface area is 139 Å². The number of carbonyl (C=O) groups excluding carboxylic acids is 1. The minimum absolute atomic E-state index is 0.104. The zero-order valence-corrected chi connectivity index (χ0v) is 15.0. The summed E-state index contributed by atoms with van der Waals surface area (Å²) in [5.41, 5.74) is 1.94. The molecule has 2 rings (SSSR count). The lowest BCUT2D eigenvalue weighted by Gasteiger charge is -2.24. The topological polar surface area (TPSA) is 68.2 Å². The molecule has 0 radical (unpaired) electrons. The molecule has 6 heteroatoms. The van der Waals surface area contributed by atoms with E-state index < -0.39 is 0 Å². The van der Waals surface area contributed by atoms with Gasteiger partial charge in [0, 0.05) is 19.6 Å². The molecule has 0 aliphatic heterocycles. The molecule has 0 saturated heterocycles. The molecule has 2 N–H and O–H groups in total. The maximum atomic E-state index is 12.6. The van der Waals surface area contributed by atoms with Crippen LogP contribution in [0.5, 0.6) is 5.88 Å². The molecule has 1 aliphatic rings. The number of ether oxygens (including phenoxy) is 1. The summed E-state index contributed by atoms with van der Waals surface area (Å²) >= 11 is 0. The van der Waals surface area contributed by atoms with Gasteiger partial charge in [-0.2, -0.15) is 5.10 Å². The van der Waals surface area contributed by atoms with Gasteiger partial charge in [-0.1, -0.05) is 26.7 Å². The van der Waals surface area contributed by atoms with Crippen LogP contribution in [-0.2, 0) is 18.4 Å². The van der Waals surface area contributed by atoms with Crippen molar-refractivity contribution in [2.45, 2.75) is 65.1 Å². The van der Waals surface area contributed by atoms with E-state index in [4.69, 9.17) is 4.74 Å². The average molecular weight is 322 g/mol. The monoisotopic (exact) mass is 322 g/mol. The fraction of sp³-hybridized carbons (Fsp3) is 0.765. The van der Waals surface area contributed by atoms with Gasteiger partial charge in [-0.15, -0.1) is 0 Å². The second-order valence-electron chi connectivity index (χ2n) is 6.79. The molecule has 0 bridgehead atoms.